The highest BCUT2D eigenvalue weighted by atomic mass is 32.1. The maximum atomic E-state index is 12.4. The Kier molecular flexibility index (Phi) is 4.20. The average Bonchev–Trinajstić information content (AvgIpc) is 3.17. The van der Waals surface area contributed by atoms with Crippen LogP contribution in [0.25, 0.3) is 0 Å². The van der Waals surface area contributed by atoms with E-state index in [0.29, 0.717) is 25.2 Å². The lowest BCUT2D eigenvalue weighted by molar-refractivity contribution is -0.121. The number of likely N-dealkylation sites (tertiary alicyclic amines) is 1. The molecular weight excluding hydrogens is 298 g/mol. The Balaban J connectivity index is 1.66. The number of primary amides is 1. The molecule has 114 valence electrons. The van der Waals surface area contributed by atoms with Crippen molar-refractivity contribution in [1.29, 1.82) is 0 Å². The van der Waals surface area contributed by atoms with Crippen molar-refractivity contribution in [2.24, 2.45) is 11.7 Å². The third-order valence-electron chi connectivity index (χ3n) is 3.85. The van der Waals surface area contributed by atoms with Gasteiger partial charge in [-0.05, 0) is 12.0 Å². The van der Waals surface area contributed by atoms with Crippen LogP contribution in [-0.2, 0) is 11.2 Å². The number of hydrogen-bond donors (Lipinski definition) is 1. The van der Waals surface area contributed by atoms with Gasteiger partial charge in [0.25, 0.3) is 5.91 Å². The predicted molar refractivity (Wildman–Crippen MR) is 84.6 cm³/mol. The third-order valence-corrected chi connectivity index (χ3v) is 4.70. The van der Waals surface area contributed by atoms with E-state index in [0.717, 1.165) is 11.4 Å². The van der Waals surface area contributed by atoms with E-state index in [1.165, 1.54) is 16.9 Å². The number of carbonyl (C=O) groups is 2. The van der Waals surface area contributed by atoms with Gasteiger partial charge >= 0.3 is 0 Å². The van der Waals surface area contributed by atoms with E-state index in [1.807, 2.05) is 30.3 Å². The Labute approximate surface area is 132 Å². The van der Waals surface area contributed by atoms with Crippen LogP contribution in [0.1, 0.15) is 27.5 Å². The fraction of sp³-hybridized carbons (Fsp3) is 0.312. The van der Waals surface area contributed by atoms with E-state index in [9.17, 15) is 9.59 Å². The van der Waals surface area contributed by atoms with Crippen molar-refractivity contribution in [3.05, 3.63) is 52.0 Å². The van der Waals surface area contributed by atoms with Crippen molar-refractivity contribution < 1.29 is 9.59 Å². The highest BCUT2D eigenvalue weighted by Gasteiger charge is 2.31. The van der Waals surface area contributed by atoms with Gasteiger partial charge in [-0.2, -0.15) is 0 Å². The summed E-state index contributed by atoms with van der Waals surface area (Å²) in [7, 11) is 0. The second-order valence-electron chi connectivity index (χ2n) is 5.43. The Hall–Kier alpha value is -2.21. The molecule has 2 heterocycles. The fourth-order valence-electron chi connectivity index (χ4n) is 2.60. The zero-order chi connectivity index (χ0) is 15.5. The normalized spacial score (nSPS) is 17.6. The number of thiazole rings is 1. The molecule has 2 amide bonds. The predicted octanol–water partition coefficient (Wildman–Crippen LogP) is 1.68. The summed E-state index contributed by atoms with van der Waals surface area (Å²) in [6.45, 7) is 0.970. The molecule has 2 aromatic rings. The van der Waals surface area contributed by atoms with Crippen LogP contribution in [0.3, 0.4) is 0 Å². The van der Waals surface area contributed by atoms with Crippen molar-refractivity contribution in [3.63, 3.8) is 0 Å². The van der Waals surface area contributed by atoms with E-state index in [1.54, 1.807) is 10.3 Å². The lowest BCUT2D eigenvalue weighted by Crippen LogP contribution is -2.31. The Morgan fingerprint density at radius 2 is 2.09 bits per heavy atom. The average molecular weight is 315 g/mol. The molecule has 2 N–H and O–H groups in total. The van der Waals surface area contributed by atoms with Gasteiger partial charge in [0.15, 0.2) is 0 Å². The van der Waals surface area contributed by atoms with Gasteiger partial charge in [-0.25, -0.2) is 4.98 Å². The van der Waals surface area contributed by atoms with Crippen molar-refractivity contribution in [2.75, 3.05) is 13.1 Å². The topological polar surface area (TPSA) is 76.3 Å². The second kappa shape index (κ2) is 6.27. The first kappa shape index (κ1) is 14.7. The molecule has 1 aliphatic rings. The van der Waals surface area contributed by atoms with E-state index in [-0.39, 0.29) is 17.7 Å². The van der Waals surface area contributed by atoms with Gasteiger partial charge < -0.3 is 10.6 Å². The minimum atomic E-state index is -0.335. The summed E-state index contributed by atoms with van der Waals surface area (Å²) in [4.78, 5) is 29.7. The van der Waals surface area contributed by atoms with Crippen LogP contribution in [-0.4, -0.2) is 34.8 Å². The Morgan fingerprint density at radius 3 is 2.77 bits per heavy atom. The molecule has 0 aliphatic carbocycles. The molecule has 1 aliphatic heterocycles. The summed E-state index contributed by atoms with van der Waals surface area (Å²) in [5, 5.41) is 2.71. The molecule has 3 rings (SSSR count). The summed E-state index contributed by atoms with van der Waals surface area (Å²) >= 11 is 1.49. The summed E-state index contributed by atoms with van der Waals surface area (Å²) in [5.41, 5.74) is 6.93. The lowest BCUT2D eigenvalue weighted by atomic mass is 10.1. The molecule has 0 bridgehead atoms. The van der Waals surface area contributed by atoms with E-state index in [4.69, 9.17) is 5.73 Å². The van der Waals surface area contributed by atoms with E-state index in [2.05, 4.69) is 4.98 Å². The maximum absolute atomic E-state index is 12.4. The van der Waals surface area contributed by atoms with Gasteiger partial charge in [0.2, 0.25) is 5.91 Å². The number of carbonyl (C=O) groups excluding carboxylic acids is 2. The molecule has 0 saturated carbocycles. The molecule has 1 fully saturated rings. The first-order chi connectivity index (χ1) is 10.6. The van der Waals surface area contributed by atoms with Gasteiger partial charge in [0.1, 0.15) is 5.69 Å². The van der Waals surface area contributed by atoms with Gasteiger partial charge in [-0.15, -0.1) is 11.3 Å². The molecule has 1 saturated heterocycles. The summed E-state index contributed by atoms with van der Waals surface area (Å²) in [6.07, 6.45) is 1.37. The Bertz CT molecular complexity index is 684. The molecular formula is C16H17N3O2S. The molecule has 0 spiro atoms. The van der Waals surface area contributed by atoms with Crippen LogP contribution < -0.4 is 5.73 Å². The fourth-order valence-corrected chi connectivity index (χ4v) is 3.40. The monoisotopic (exact) mass is 315 g/mol. The molecule has 22 heavy (non-hydrogen) atoms. The number of nitrogens with zero attached hydrogens (tertiary/aromatic N) is 2. The minimum Gasteiger partial charge on any atom is -0.369 e. The third kappa shape index (κ3) is 3.17. The number of hydrogen-bond acceptors (Lipinski definition) is 4. The zero-order valence-corrected chi connectivity index (χ0v) is 12.9. The van der Waals surface area contributed by atoms with Crippen molar-refractivity contribution in [1.82, 2.24) is 9.88 Å². The maximum Gasteiger partial charge on any atom is 0.273 e. The largest absolute Gasteiger partial charge is 0.369 e. The molecule has 0 unspecified atom stereocenters. The van der Waals surface area contributed by atoms with Crippen LogP contribution in [0.2, 0.25) is 0 Å². The van der Waals surface area contributed by atoms with Crippen LogP contribution in [0.5, 0.6) is 0 Å². The first-order valence-corrected chi connectivity index (χ1v) is 8.08. The van der Waals surface area contributed by atoms with Crippen molar-refractivity contribution >= 4 is 23.2 Å². The summed E-state index contributed by atoms with van der Waals surface area (Å²) < 4.78 is 0. The zero-order valence-electron chi connectivity index (χ0n) is 12.1. The molecule has 0 radical (unpaired) electrons. The van der Waals surface area contributed by atoms with Gasteiger partial charge in [-0.1, -0.05) is 30.3 Å². The minimum absolute atomic E-state index is 0.112. The lowest BCUT2D eigenvalue weighted by Gasteiger charge is -2.14. The quantitative estimate of drug-likeness (QED) is 0.932. The second-order valence-corrected chi connectivity index (χ2v) is 6.37. The standard InChI is InChI=1S/C16H17N3O2S/c17-15(20)12-6-7-19(9-12)16(21)13-10-22-14(18-13)8-11-4-2-1-3-5-11/h1-5,10,12H,6-9H2,(H2,17,20)/t12-/m0/s1. The number of nitrogens with two attached hydrogens (primary N) is 1. The summed E-state index contributed by atoms with van der Waals surface area (Å²) in [6, 6.07) is 10.0. The Morgan fingerprint density at radius 1 is 1.32 bits per heavy atom. The molecule has 1 aromatic carbocycles. The summed E-state index contributed by atoms with van der Waals surface area (Å²) in [5.74, 6) is -0.677. The number of rotatable bonds is 4. The highest BCUT2D eigenvalue weighted by molar-refractivity contribution is 7.09. The molecule has 5 nitrogen and oxygen atoms in total. The SMILES string of the molecule is NC(=O)[C@H]1CCN(C(=O)c2csc(Cc3ccccc3)n2)C1. The highest BCUT2D eigenvalue weighted by Crippen LogP contribution is 2.20. The van der Waals surface area contributed by atoms with Gasteiger partial charge in [-0.3, -0.25) is 9.59 Å². The molecule has 1 atom stereocenters. The van der Waals surface area contributed by atoms with Crippen LogP contribution in [0.15, 0.2) is 35.7 Å². The van der Waals surface area contributed by atoms with Crippen LogP contribution in [0, 0.1) is 5.92 Å². The molecule has 6 heteroatoms. The van der Waals surface area contributed by atoms with E-state index < -0.39 is 0 Å². The smallest absolute Gasteiger partial charge is 0.273 e. The molecule has 1 aromatic heterocycles. The number of aromatic nitrogens is 1. The number of amides is 2. The van der Waals surface area contributed by atoms with Crippen molar-refractivity contribution in [3.8, 4) is 0 Å². The van der Waals surface area contributed by atoms with Gasteiger partial charge in [0.05, 0.1) is 10.9 Å². The van der Waals surface area contributed by atoms with E-state index >= 15 is 0 Å². The first-order valence-electron chi connectivity index (χ1n) is 7.20. The van der Waals surface area contributed by atoms with Gasteiger partial charge in [0, 0.05) is 24.9 Å². The van der Waals surface area contributed by atoms with Crippen LogP contribution >= 0.6 is 11.3 Å². The van der Waals surface area contributed by atoms with Crippen molar-refractivity contribution in [2.45, 2.75) is 12.8 Å². The van der Waals surface area contributed by atoms with Crippen LogP contribution in [0.4, 0.5) is 0 Å². The number of benzene rings is 1.